The van der Waals surface area contributed by atoms with Crippen molar-refractivity contribution in [2.45, 2.75) is 25.6 Å². The Morgan fingerprint density at radius 3 is 2.41 bits per heavy atom. The second-order valence-electron chi connectivity index (χ2n) is 7.50. The highest BCUT2D eigenvalue weighted by atomic mass is 35.5. The van der Waals surface area contributed by atoms with Gasteiger partial charge in [0.2, 0.25) is 0 Å². The summed E-state index contributed by atoms with van der Waals surface area (Å²) >= 11 is 12.8. The van der Waals surface area contributed by atoms with Crippen LogP contribution >= 0.6 is 23.2 Å². The summed E-state index contributed by atoms with van der Waals surface area (Å²) in [5.41, 5.74) is 3.71. The SMILES string of the molecule is O=C(O)[C@H](Cc1c[nH]c2ccccc12)NCc1cc(Cl)c(OCc2ccccc2)c(Cl)c1. The van der Waals surface area contributed by atoms with E-state index in [2.05, 4.69) is 10.3 Å². The fraction of sp³-hybridized carbons (Fsp3) is 0.160. The number of carboxylic acid groups (broad SMARTS) is 1. The van der Waals surface area contributed by atoms with Gasteiger partial charge in [-0.15, -0.1) is 0 Å². The van der Waals surface area contributed by atoms with Crippen LogP contribution < -0.4 is 10.1 Å². The molecule has 0 spiro atoms. The van der Waals surface area contributed by atoms with E-state index in [1.807, 2.05) is 60.8 Å². The fourth-order valence-corrected chi connectivity index (χ4v) is 4.23. The highest BCUT2D eigenvalue weighted by molar-refractivity contribution is 6.37. The molecule has 32 heavy (non-hydrogen) atoms. The van der Waals surface area contributed by atoms with Crippen LogP contribution in [0.1, 0.15) is 16.7 Å². The number of hydrogen-bond donors (Lipinski definition) is 3. The van der Waals surface area contributed by atoms with Crippen LogP contribution in [0, 0.1) is 0 Å². The molecule has 1 aromatic heterocycles. The minimum Gasteiger partial charge on any atom is -0.486 e. The van der Waals surface area contributed by atoms with Crippen LogP contribution in [0.5, 0.6) is 5.75 Å². The number of halogens is 2. The smallest absolute Gasteiger partial charge is 0.321 e. The van der Waals surface area contributed by atoms with Gasteiger partial charge in [-0.3, -0.25) is 4.79 Å². The molecule has 3 N–H and O–H groups in total. The first-order valence-corrected chi connectivity index (χ1v) is 10.9. The lowest BCUT2D eigenvalue weighted by Crippen LogP contribution is -2.38. The lowest BCUT2D eigenvalue weighted by molar-refractivity contribution is -0.139. The van der Waals surface area contributed by atoms with Crippen molar-refractivity contribution in [1.29, 1.82) is 0 Å². The number of nitrogens with one attached hydrogen (secondary N) is 2. The van der Waals surface area contributed by atoms with Crippen molar-refractivity contribution in [2.75, 3.05) is 0 Å². The van der Waals surface area contributed by atoms with Crippen molar-refractivity contribution in [2.24, 2.45) is 0 Å². The minimum atomic E-state index is -0.921. The summed E-state index contributed by atoms with van der Waals surface area (Å²) in [6.07, 6.45) is 2.20. The molecule has 0 aliphatic carbocycles. The number of benzene rings is 3. The van der Waals surface area contributed by atoms with Gasteiger partial charge in [0.25, 0.3) is 0 Å². The van der Waals surface area contributed by atoms with E-state index >= 15 is 0 Å². The van der Waals surface area contributed by atoms with Crippen molar-refractivity contribution in [3.05, 3.63) is 99.7 Å². The highest BCUT2D eigenvalue weighted by Gasteiger charge is 2.20. The van der Waals surface area contributed by atoms with Gasteiger partial charge in [-0.05, 0) is 34.9 Å². The van der Waals surface area contributed by atoms with Crippen molar-refractivity contribution in [1.82, 2.24) is 10.3 Å². The molecular formula is C25H22Cl2N2O3. The summed E-state index contributed by atoms with van der Waals surface area (Å²) < 4.78 is 5.80. The van der Waals surface area contributed by atoms with Crippen molar-refractivity contribution >= 4 is 40.1 Å². The summed E-state index contributed by atoms with van der Waals surface area (Å²) in [5.74, 6) is -0.509. The van der Waals surface area contributed by atoms with Crippen LogP contribution in [-0.4, -0.2) is 22.1 Å². The Kier molecular flexibility index (Phi) is 7.00. The zero-order chi connectivity index (χ0) is 22.5. The predicted molar refractivity (Wildman–Crippen MR) is 128 cm³/mol. The van der Waals surface area contributed by atoms with Crippen LogP contribution in [0.2, 0.25) is 10.0 Å². The maximum Gasteiger partial charge on any atom is 0.321 e. The zero-order valence-corrected chi connectivity index (χ0v) is 18.7. The Hall–Kier alpha value is -2.99. The minimum absolute atomic E-state index is 0.303. The van der Waals surface area contributed by atoms with E-state index in [0.717, 1.165) is 27.6 Å². The van der Waals surface area contributed by atoms with Crippen LogP contribution in [-0.2, 0) is 24.4 Å². The van der Waals surface area contributed by atoms with E-state index in [1.54, 1.807) is 12.1 Å². The molecule has 4 aromatic rings. The van der Waals surface area contributed by atoms with Crippen LogP contribution in [0.25, 0.3) is 10.9 Å². The third-order valence-electron chi connectivity index (χ3n) is 5.23. The summed E-state index contributed by atoms with van der Waals surface area (Å²) in [6, 6.07) is 20.3. The summed E-state index contributed by atoms with van der Waals surface area (Å²) in [6.45, 7) is 0.654. The fourth-order valence-electron chi connectivity index (χ4n) is 3.59. The number of fused-ring (bicyclic) bond motifs is 1. The molecule has 0 fully saturated rings. The Morgan fingerprint density at radius 1 is 1.00 bits per heavy atom. The molecule has 7 heteroatoms. The quantitative estimate of drug-likeness (QED) is 0.288. The molecule has 164 valence electrons. The maximum absolute atomic E-state index is 11.8. The van der Waals surface area contributed by atoms with Gasteiger partial charge in [0.1, 0.15) is 12.6 Å². The number of carboxylic acids is 1. The standard InChI is InChI=1S/C25H22Cl2N2O3/c26-20-10-17(11-21(27)24(20)32-15-16-6-2-1-3-7-16)13-28-23(25(30)31)12-18-14-29-22-9-5-4-8-19(18)22/h1-11,14,23,28-29H,12-13,15H2,(H,30,31)/t23-/m0/s1. The number of H-pyrrole nitrogens is 1. The number of aromatic nitrogens is 1. The normalized spacial score (nSPS) is 12.1. The van der Waals surface area contributed by atoms with Crippen LogP contribution in [0.4, 0.5) is 0 Å². The second-order valence-corrected chi connectivity index (χ2v) is 8.31. The number of ether oxygens (including phenoxy) is 1. The molecule has 4 rings (SSSR count). The molecule has 0 aliphatic heterocycles. The first-order chi connectivity index (χ1) is 15.5. The van der Waals surface area contributed by atoms with E-state index < -0.39 is 12.0 Å². The third-order valence-corrected chi connectivity index (χ3v) is 5.80. The van der Waals surface area contributed by atoms with Gasteiger partial charge in [0, 0.05) is 30.1 Å². The summed E-state index contributed by atoms with van der Waals surface area (Å²) in [5, 5.41) is 14.6. The molecule has 1 heterocycles. The highest BCUT2D eigenvalue weighted by Crippen LogP contribution is 2.35. The third kappa shape index (κ3) is 5.25. The Balaban J connectivity index is 1.42. The number of rotatable bonds is 9. The van der Waals surface area contributed by atoms with Gasteiger partial charge in [-0.2, -0.15) is 0 Å². The van der Waals surface area contributed by atoms with Gasteiger partial charge in [-0.1, -0.05) is 71.7 Å². The summed E-state index contributed by atoms with van der Waals surface area (Å²) in [7, 11) is 0. The van der Waals surface area contributed by atoms with Gasteiger partial charge < -0.3 is 20.1 Å². The van der Waals surface area contributed by atoms with E-state index in [9.17, 15) is 9.90 Å². The average Bonchev–Trinajstić information content (AvgIpc) is 3.19. The molecule has 0 saturated carbocycles. The molecule has 0 amide bonds. The lowest BCUT2D eigenvalue weighted by atomic mass is 10.0. The predicted octanol–water partition coefficient (Wildman–Crippen LogP) is 5.84. The molecule has 1 atom stereocenters. The van der Waals surface area contributed by atoms with Gasteiger partial charge in [-0.25, -0.2) is 0 Å². The first kappa shape index (κ1) is 22.2. The van der Waals surface area contributed by atoms with Gasteiger partial charge in [0.15, 0.2) is 5.75 Å². The van der Waals surface area contributed by atoms with Crippen LogP contribution in [0.15, 0.2) is 72.9 Å². The molecule has 0 unspecified atom stereocenters. The van der Waals surface area contributed by atoms with E-state index in [0.29, 0.717) is 35.4 Å². The van der Waals surface area contributed by atoms with E-state index in [1.165, 1.54) is 0 Å². The topological polar surface area (TPSA) is 74.3 Å². The monoisotopic (exact) mass is 468 g/mol. The largest absolute Gasteiger partial charge is 0.486 e. The average molecular weight is 469 g/mol. The zero-order valence-electron chi connectivity index (χ0n) is 17.1. The van der Waals surface area contributed by atoms with Crippen LogP contribution in [0.3, 0.4) is 0 Å². The molecular weight excluding hydrogens is 447 g/mol. The molecule has 0 radical (unpaired) electrons. The van der Waals surface area contributed by atoms with Crippen molar-refractivity contribution < 1.29 is 14.6 Å². The maximum atomic E-state index is 11.8. The molecule has 5 nitrogen and oxygen atoms in total. The second kappa shape index (κ2) is 10.1. The van der Waals surface area contributed by atoms with Crippen molar-refractivity contribution in [3.63, 3.8) is 0 Å². The number of para-hydroxylation sites is 1. The van der Waals surface area contributed by atoms with E-state index in [-0.39, 0.29) is 0 Å². The Labute approximate surface area is 195 Å². The number of hydrogen-bond acceptors (Lipinski definition) is 3. The molecule has 3 aromatic carbocycles. The van der Waals surface area contributed by atoms with Gasteiger partial charge >= 0.3 is 5.97 Å². The lowest BCUT2D eigenvalue weighted by Gasteiger charge is -2.16. The molecule has 0 bridgehead atoms. The number of aliphatic carboxylic acids is 1. The summed E-state index contributed by atoms with van der Waals surface area (Å²) in [4.78, 5) is 15.0. The molecule has 0 aliphatic rings. The van der Waals surface area contributed by atoms with Crippen molar-refractivity contribution in [3.8, 4) is 5.75 Å². The van der Waals surface area contributed by atoms with Gasteiger partial charge in [0.05, 0.1) is 10.0 Å². The van der Waals surface area contributed by atoms with E-state index in [4.69, 9.17) is 27.9 Å². The number of carbonyl (C=O) groups is 1. The first-order valence-electron chi connectivity index (χ1n) is 10.2. The molecule has 0 saturated heterocycles. The Bertz CT molecular complexity index is 1200. The number of aromatic amines is 1. The Morgan fingerprint density at radius 2 is 1.69 bits per heavy atom.